The van der Waals surface area contributed by atoms with E-state index in [0.29, 0.717) is 19.7 Å². The number of morpholine rings is 1. The van der Waals surface area contributed by atoms with Crippen molar-refractivity contribution in [1.29, 1.82) is 0 Å². The van der Waals surface area contributed by atoms with Crippen molar-refractivity contribution in [2.45, 2.75) is 51.9 Å². The molecule has 2 fully saturated rings. The Balaban J connectivity index is 2.01. The standard InChI is InChI=1S/C18H30N2O3/c1-6-8-14(7-2)11-19-9-10-22-16-13-20(12-15(16)19)17(21)23-18(3,4)5/h6,8,15-16H,1,7,9-13H2,2-5H3. The summed E-state index contributed by atoms with van der Waals surface area (Å²) in [6.45, 7) is 15.4. The number of carbonyl (C=O) groups excluding carboxylic acids is 1. The van der Waals surface area contributed by atoms with E-state index < -0.39 is 5.60 Å². The predicted molar refractivity (Wildman–Crippen MR) is 91.5 cm³/mol. The second-order valence-electron chi connectivity index (χ2n) is 7.25. The summed E-state index contributed by atoms with van der Waals surface area (Å²) < 4.78 is 11.4. The molecule has 0 spiro atoms. The van der Waals surface area contributed by atoms with Gasteiger partial charge in [-0.05, 0) is 27.2 Å². The molecule has 1 amide bonds. The molecule has 2 aliphatic heterocycles. The van der Waals surface area contributed by atoms with Gasteiger partial charge < -0.3 is 14.4 Å². The lowest BCUT2D eigenvalue weighted by molar-refractivity contribution is -0.0439. The van der Waals surface area contributed by atoms with Crippen LogP contribution in [-0.2, 0) is 9.47 Å². The monoisotopic (exact) mass is 322 g/mol. The van der Waals surface area contributed by atoms with E-state index in [4.69, 9.17) is 9.47 Å². The first kappa shape index (κ1) is 18.0. The lowest BCUT2D eigenvalue weighted by Crippen LogP contribution is -2.51. The van der Waals surface area contributed by atoms with E-state index in [9.17, 15) is 4.79 Å². The van der Waals surface area contributed by atoms with Gasteiger partial charge in [0.2, 0.25) is 0 Å². The average molecular weight is 322 g/mol. The van der Waals surface area contributed by atoms with E-state index in [1.54, 1.807) is 4.90 Å². The van der Waals surface area contributed by atoms with Gasteiger partial charge in [-0.2, -0.15) is 0 Å². The van der Waals surface area contributed by atoms with Crippen molar-refractivity contribution in [3.05, 3.63) is 24.3 Å². The Kier molecular flexibility index (Phi) is 5.87. The molecule has 2 unspecified atom stereocenters. The maximum atomic E-state index is 12.3. The van der Waals surface area contributed by atoms with Crippen LogP contribution in [0, 0.1) is 0 Å². The molecule has 23 heavy (non-hydrogen) atoms. The quantitative estimate of drug-likeness (QED) is 0.747. The van der Waals surface area contributed by atoms with Crippen LogP contribution in [0.2, 0.25) is 0 Å². The first-order chi connectivity index (χ1) is 10.8. The lowest BCUT2D eigenvalue weighted by Gasteiger charge is -2.37. The molecule has 2 aliphatic rings. The minimum Gasteiger partial charge on any atom is -0.444 e. The van der Waals surface area contributed by atoms with Gasteiger partial charge in [0.15, 0.2) is 0 Å². The SMILES string of the molecule is C=CC=C(CC)CN1CCOC2CN(C(=O)OC(C)(C)C)CC21. The number of hydrogen-bond acceptors (Lipinski definition) is 4. The van der Waals surface area contributed by atoms with E-state index in [0.717, 1.165) is 19.5 Å². The zero-order valence-corrected chi connectivity index (χ0v) is 14.9. The number of likely N-dealkylation sites (tertiary alicyclic amines) is 1. The van der Waals surface area contributed by atoms with Crippen LogP contribution in [0.3, 0.4) is 0 Å². The van der Waals surface area contributed by atoms with Crippen LogP contribution in [0.15, 0.2) is 24.3 Å². The molecule has 2 heterocycles. The van der Waals surface area contributed by atoms with Gasteiger partial charge in [0.1, 0.15) is 5.60 Å². The largest absolute Gasteiger partial charge is 0.444 e. The van der Waals surface area contributed by atoms with Crippen LogP contribution in [0.1, 0.15) is 34.1 Å². The number of hydrogen-bond donors (Lipinski definition) is 0. The zero-order chi connectivity index (χ0) is 17.0. The van der Waals surface area contributed by atoms with Crippen molar-refractivity contribution in [3.8, 4) is 0 Å². The molecule has 0 bridgehead atoms. The van der Waals surface area contributed by atoms with Crippen LogP contribution in [0.4, 0.5) is 4.79 Å². The highest BCUT2D eigenvalue weighted by Gasteiger charge is 2.42. The third-order valence-corrected chi connectivity index (χ3v) is 4.28. The van der Waals surface area contributed by atoms with Crippen molar-refractivity contribution in [2.75, 3.05) is 32.8 Å². The molecule has 0 saturated carbocycles. The van der Waals surface area contributed by atoms with Gasteiger partial charge in [0.25, 0.3) is 0 Å². The Morgan fingerprint density at radius 2 is 2.13 bits per heavy atom. The number of nitrogens with zero attached hydrogens (tertiary/aromatic N) is 2. The molecule has 2 rings (SSSR count). The normalized spacial score (nSPS) is 26.1. The molecule has 0 radical (unpaired) electrons. The molecular weight excluding hydrogens is 292 g/mol. The van der Waals surface area contributed by atoms with E-state index >= 15 is 0 Å². The maximum Gasteiger partial charge on any atom is 0.410 e. The van der Waals surface area contributed by atoms with Gasteiger partial charge in [-0.1, -0.05) is 31.2 Å². The van der Waals surface area contributed by atoms with Crippen LogP contribution in [0.25, 0.3) is 0 Å². The second kappa shape index (κ2) is 7.49. The Morgan fingerprint density at radius 3 is 2.74 bits per heavy atom. The number of ether oxygens (including phenoxy) is 2. The fourth-order valence-electron chi connectivity index (χ4n) is 3.14. The van der Waals surface area contributed by atoms with Crippen LogP contribution in [0.5, 0.6) is 0 Å². The van der Waals surface area contributed by atoms with Gasteiger partial charge in [-0.25, -0.2) is 4.79 Å². The molecule has 5 nitrogen and oxygen atoms in total. The molecule has 0 N–H and O–H groups in total. The summed E-state index contributed by atoms with van der Waals surface area (Å²) in [5.41, 5.74) is 0.893. The van der Waals surface area contributed by atoms with Crippen molar-refractivity contribution >= 4 is 6.09 Å². The molecule has 0 aromatic heterocycles. The molecule has 2 saturated heterocycles. The molecule has 0 aliphatic carbocycles. The summed E-state index contributed by atoms with van der Waals surface area (Å²) in [4.78, 5) is 16.5. The molecule has 5 heteroatoms. The topological polar surface area (TPSA) is 42.0 Å². The summed E-state index contributed by atoms with van der Waals surface area (Å²) in [6, 6.07) is 0.246. The van der Waals surface area contributed by atoms with Gasteiger partial charge in [0.05, 0.1) is 25.3 Å². The Bertz CT molecular complexity index is 467. The van der Waals surface area contributed by atoms with Crippen molar-refractivity contribution in [1.82, 2.24) is 9.80 Å². The van der Waals surface area contributed by atoms with Gasteiger partial charge in [0, 0.05) is 19.6 Å². The summed E-state index contributed by atoms with van der Waals surface area (Å²) in [5, 5.41) is 0. The number of allylic oxidation sites excluding steroid dienone is 2. The number of amides is 1. The molecule has 0 aromatic carbocycles. The highest BCUT2D eigenvalue weighted by atomic mass is 16.6. The van der Waals surface area contributed by atoms with Gasteiger partial charge in [-0.3, -0.25) is 4.90 Å². The minimum absolute atomic E-state index is 0.0816. The second-order valence-corrected chi connectivity index (χ2v) is 7.25. The Morgan fingerprint density at radius 1 is 1.39 bits per heavy atom. The summed E-state index contributed by atoms with van der Waals surface area (Å²) in [5.74, 6) is 0. The predicted octanol–water partition coefficient (Wildman–Crippen LogP) is 2.83. The fraction of sp³-hybridized carbons (Fsp3) is 0.722. The van der Waals surface area contributed by atoms with Gasteiger partial charge >= 0.3 is 6.09 Å². The third kappa shape index (κ3) is 4.82. The van der Waals surface area contributed by atoms with E-state index in [1.165, 1.54) is 5.57 Å². The zero-order valence-electron chi connectivity index (χ0n) is 14.9. The summed E-state index contributed by atoms with van der Waals surface area (Å²) in [6.07, 6.45) is 4.78. The lowest BCUT2D eigenvalue weighted by atomic mass is 10.1. The van der Waals surface area contributed by atoms with Crippen molar-refractivity contribution in [2.24, 2.45) is 0 Å². The van der Waals surface area contributed by atoms with Crippen molar-refractivity contribution in [3.63, 3.8) is 0 Å². The van der Waals surface area contributed by atoms with E-state index in [-0.39, 0.29) is 18.2 Å². The number of fused-ring (bicyclic) bond motifs is 1. The van der Waals surface area contributed by atoms with E-state index in [1.807, 2.05) is 26.8 Å². The van der Waals surface area contributed by atoms with Gasteiger partial charge in [-0.15, -0.1) is 0 Å². The Labute approximate surface area is 139 Å². The number of carbonyl (C=O) groups is 1. The molecular formula is C18H30N2O3. The highest BCUT2D eigenvalue weighted by Crippen LogP contribution is 2.25. The minimum atomic E-state index is -0.465. The third-order valence-electron chi connectivity index (χ3n) is 4.28. The van der Waals surface area contributed by atoms with Crippen molar-refractivity contribution < 1.29 is 14.3 Å². The average Bonchev–Trinajstić information content (AvgIpc) is 2.90. The Hall–Kier alpha value is -1.33. The summed E-state index contributed by atoms with van der Waals surface area (Å²) >= 11 is 0. The molecule has 0 aromatic rings. The van der Waals surface area contributed by atoms with Crippen LogP contribution in [-0.4, -0.2) is 66.4 Å². The smallest absolute Gasteiger partial charge is 0.410 e. The molecule has 2 atom stereocenters. The van der Waals surface area contributed by atoms with Crippen LogP contribution < -0.4 is 0 Å². The number of rotatable bonds is 4. The van der Waals surface area contributed by atoms with E-state index in [2.05, 4.69) is 24.5 Å². The fourth-order valence-corrected chi connectivity index (χ4v) is 3.14. The first-order valence-corrected chi connectivity index (χ1v) is 8.48. The summed E-state index contributed by atoms with van der Waals surface area (Å²) in [7, 11) is 0. The van der Waals surface area contributed by atoms with Crippen LogP contribution >= 0.6 is 0 Å². The maximum absolute atomic E-state index is 12.3. The first-order valence-electron chi connectivity index (χ1n) is 8.48. The molecule has 130 valence electrons. The highest BCUT2D eigenvalue weighted by molar-refractivity contribution is 5.68.